The Morgan fingerprint density at radius 3 is 2.80 bits per heavy atom. The largest absolute Gasteiger partial charge is 0.373 e. The Labute approximate surface area is 123 Å². The lowest BCUT2D eigenvalue weighted by Gasteiger charge is -2.34. The maximum atomic E-state index is 6.10. The zero-order valence-corrected chi connectivity index (χ0v) is 13.1. The van der Waals surface area contributed by atoms with Gasteiger partial charge in [0.15, 0.2) is 0 Å². The van der Waals surface area contributed by atoms with Gasteiger partial charge in [-0.2, -0.15) is 0 Å². The highest BCUT2D eigenvalue weighted by molar-refractivity contribution is 5.43. The van der Waals surface area contributed by atoms with Crippen LogP contribution >= 0.6 is 0 Å². The molecular formula is C17H28N2O. The minimum absolute atomic E-state index is 0.419. The van der Waals surface area contributed by atoms with Crippen molar-refractivity contribution in [1.29, 1.82) is 0 Å². The molecule has 0 aromatic carbocycles. The molecule has 1 fully saturated rings. The van der Waals surface area contributed by atoms with Crippen LogP contribution in [0.2, 0.25) is 0 Å². The Hall–Kier alpha value is -1.09. The number of hydrogen-bond acceptors (Lipinski definition) is 3. The number of ether oxygens (including phenoxy) is 1. The highest BCUT2D eigenvalue weighted by atomic mass is 16.5. The summed E-state index contributed by atoms with van der Waals surface area (Å²) in [6.45, 7) is 8.51. The van der Waals surface area contributed by atoms with Crippen molar-refractivity contribution in [2.45, 2.75) is 65.6 Å². The fourth-order valence-electron chi connectivity index (χ4n) is 2.70. The predicted molar refractivity (Wildman–Crippen MR) is 83.8 cm³/mol. The van der Waals surface area contributed by atoms with E-state index in [0.29, 0.717) is 18.1 Å². The first-order valence-corrected chi connectivity index (χ1v) is 7.90. The normalized spacial score (nSPS) is 18.9. The predicted octanol–water partition coefficient (Wildman–Crippen LogP) is 4.39. The monoisotopic (exact) mass is 276 g/mol. The zero-order chi connectivity index (χ0) is 14.4. The molecule has 1 aromatic heterocycles. The molecule has 1 aliphatic rings. The molecule has 0 atom stereocenters. The van der Waals surface area contributed by atoms with Crippen LogP contribution in [-0.4, -0.2) is 17.6 Å². The molecule has 0 aliphatic heterocycles. The van der Waals surface area contributed by atoms with Gasteiger partial charge in [-0.1, -0.05) is 26.8 Å². The van der Waals surface area contributed by atoms with Crippen LogP contribution in [0.5, 0.6) is 0 Å². The number of rotatable bonds is 6. The summed E-state index contributed by atoms with van der Waals surface area (Å²) in [7, 11) is 0. The zero-order valence-electron chi connectivity index (χ0n) is 13.1. The minimum atomic E-state index is 0.419. The number of nitrogens with zero attached hydrogens (tertiary/aromatic N) is 1. The van der Waals surface area contributed by atoms with Crippen LogP contribution in [0.1, 0.15) is 58.4 Å². The molecule has 0 unspecified atom stereocenters. The first-order valence-electron chi connectivity index (χ1n) is 7.90. The van der Waals surface area contributed by atoms with E-state index in [1.165, 1.54) is 31.2 Å². The molecule has 0 radical (unpaired) electrons. The van der Waals surface area contributed by atoms with Gasteiger partial charge in [-0.05, 0) is 43.6 Å². The number of anilines is 1. The lowest BCUT2D eigenvalue weighted by atomic mass is 9.76. The van der Waals surface area contributed by atoms with E-state index >= 15 is 0 Å². The maximum absolute atomic E-state index is 6.10. The number of nitrogens with one attached hydrogen (secondary N) is 1. The molecule has 3 heteroatoms. The summed E-state index contributed by atoms with van der Waals surface area (Å²) < 4.78 is 6.10. The van der Waals surface area contributed by atoms with E-state index in [0.717, 1.165) is 18.8 Å². The van der Waals surface area contributed by atoms with E-state index in [1.807, 2.05) is 12.3 Å². The standard InChI is InChI=1S/C17H28N2O/c1-4-11-18-16-14(6-5-12-19-16)13-20-15-7-9-17(2,3)10-8-15/h5-6,12,15H,4,7-11,13H2,1-3H3,(H,18,19). The second-order valence-corrected chi connectivity index (χ2v) is 6.61. The third-order valence-corrected chi connectivity index (χ3v) is 4.19. The Morgan fingerprint density at radius 1 is 1.35 bits per heavy atom. The molecule has 1 N–H and O–H groups in total. The van der Waals surface area contributed by atoms with E-state index in [9.17, 15) is 0 Å². The van der Waals surface area contributed by atoms with Crippen LogP contribution in [0.25, 0.3) is 0 Å². The van der Waals surface area contributed by atoms with E-state index in [4.69, 9.17) is 4.74 Å². The topological polar surface area (TPSA) is 34.2 Å². The maximum Gasteiger partial charge on any atom is 0.131 e. The van der Waals surface area contributed by atoms with Crippen LogP contribution in [-0.2, 0) is 11.3 Å². The van der Waals surface area contributed by atoms with Crippen molar-refractivity contribution in [1.82, 2.24) is 4.98 Å². The molecule has 0 amide bonds. The van der Waals surface area contributed by atoms with Crippen LogP contribution in [0, 0.1) is 5.41 Å². The van der Waals surface area contributed by atoms with Gasteiger partial charge >= 0.3 is 0 Å². The van der Waals surface area contributed by atoms with Gasteiger partial charge in [0.05, 0.1) is 12.7 Å². The minimum Gasteiger partial charge on any atom is -0.373 e. The van der Waals surface area contributed by atoms with Crippen LogP contribution in [0.3, 0.4) is 0 Å². The number of hydrogen-bond donors (Lipinski definition) is 1. The fraction of sp³-hybridized carbons (Fsp3) is 0.706. The highest BCUT2D eigenvalue weighted by Gasteiger charge is 2.27. The average Bonchev–Trinajstić information content (AvgIpc) is 2.45. The van der Waals surface area contributed by atoms with Gasteiger partial charge < -0.3 is 10.1 Å². The molecule has 3 nitrogen and oxygen atoms in total. The number of aromatic nitrogens is 1. The van der Waals surface area contributed by atoms with Gasteiger partial charge in [-0.25, -0.2) is 4.98 Å². The van der Waals surface area contributed by atoms with Crippen molar-refractivity contribution in [3.63, 3.8) is 0 Å². The summed E-state index contributed by atoms with van der Waals surface area (Å²) in [5, 5.41) is 3.37. The molecule has 1 aliphatic carbocycles. The first kappa shape index (κ1) is 15.3. The second kappa shape index (κ2) is 7.07. The molecule has 1 aromatic rings. The van der Waals surface area contributed by atoms with Crippen LogP contribution in [0.4, 0.5) is 5.82 Å². The summed E-state index contributed by atoms with van der Waals surface area (Å²) in [6.07, 6.45) is 8.27. The van der Waals surface area contributed by atoms with Crippen molar-refractivity contribution >= 4 is 5.82 Å². The molecule has 112 valence electrons. The van der Waals surface area contributed by atoms with Crippen molar-refractivity contribution in [3.05, 3.63) is 23.9 Å². The van der Waals surface area contributed by atoms with Crippen molar-refractivity contribution in [2.75, 3.05) is 11.9 Å². The van der Waals surface area contributed by atoms with Crippen LogP contribution in [0.15, 0.2) is 18.3 Å². The lowest BCUT2D eigenvalue weighted by molar-refractivity contribution is -0.00546. The molecule has 20 heavy (non-hydrogen) atoms. The summed E-state index contributed by atoms with van der Waals surface area (Å²) in [6, 6.07) is 4.09. The third-order valence-electron chi connectivity index (χ3n) is 4.19. The van der Waals surface area contributed by atoms with Gasteiger partial charge in [-0.3, -0.25) is 0 Å². The van der Waals surface area contributed by atoms with Gasteiger partial charge in [0.1, 0.15) is 5.82 Å². The Bertz CT molecular complexity index is 407. The summed E-state index contributed by atoms with van der Waals surface area (Å²) in [5.74, 6) is 0.977. The lowest BCUT2D eigenvalue weighted by Crippen LogP contribution is -2.26. The molecule has 0 spiro atoms. The molecule has 0 saturated heterocycles. The first-order chi connectivity index (χ1) is 9.61. The molecule has 1 saturated carbocycles. The highest BCUT2D eigenvalue weighted by Crippen LogP contribution is 2.36. The van der Waals surface area contributed by atoms with E-state index in [2.05, 4.69) is 37.1 Å². The number of pyridine rings is 1. The van der Waals surface area contributed by atoms with Gasteiger partial charge in [0.25, 0.3) is 0 Å². The smallest absolute Gasteiger partial charge is 0.131 e. The van der Waals surface area contributed by atoms with Gasteiger partial charge in [0, 0.05) is 18.3 Å². The van der Waals surface area contributed by atoms with Crippen molar-refractivity contribution < 1.29 is 4.74 Å². The quantitative estimate of drug-likeness (QED) is 0.836. The molecular weight excluding hydrogens is 248 g/mol. The van der Waals surface area contributed by atoms with Crippen molar-refractivity contribution in [2.24, 2.45) is 5.41 Å². The summed E-state index contributed by atoms with van der Waals surface area (Å²) >= 11 is 0. The van der Waals surface area contributed by atoms with E-state index in [1.54, 1.807) is 0 Å². The van der Waals surface area contributed by atoms with Crippen LogP contribution < -0.4 is 5.32 Å². The van der Waals surface area contributed by atoms with E-state index in [-0.39, 0.29) is 0 Å². The Morgan fingerprint density at radius 2 is 2.10 bits per heavy atom. The summed E-state index contributed by atoms with van der Waals surface area (Å²) in [4.78, 5) is 4.41. The Kier molecular flexibility index (Phi) is 5.41. The van der Waals surface area contributed by atoms with Gasteiger partial charge in [0.2, 0.25) is 0 Å². The average molecular weight is 276 g/mol. The molecule has 2 rings (SSSR count). The second-order valence-electron chi connectivity index (χ2n) is 6.61. The molecule has 1 heterocycles. The van der Waals surface area contributed by atoms with Crippen molar-refractivity contribution in [3.8, 4) is 0 Å². The SMILES string of the molecule is CCCNc1ncccc1COC1CCC(C)(C)CC1. The molecule has 0 bridgehead atoms. The van der Waals surface area contributed by atoms with Gasteiger partial charge in [-0.15, -0.1) is 0 Å². The third kappa shape index (κ3) is 4.48. The summed E-state index contributed by atoms with van der Waals surface area (Å²) in [5.41, 5.74) is 1.67. The fourth-order valence-corrected chi connectivity index (χ4v) is 2.70. The van der Waals surface area contributed by atoms with E-state index < -0.39 is 0 Å². The Balaban J connectivity index is 1.85.